The number of anilines is 1. The van der Waals surface area contributed by atoms with E-state index < -0.39 is 5.91 Å². The van der Waals surface area contributed by atoms with E-state index in [0.29, 0.717) is 46.3 Å². The van der Waals surface area contributed by atoms with Gasteiger partial charge in [-0.1, -0.05) is 25.4 Å². The van der Waals surface area contributed by atoms with Gasteiger partial charge in [-0.05, 0) is 17.9 Å². The Morgan fingerprint density at radius 1 is 1.17 bits per heavy atom. The van der Waals surface area contributed by atoms with E-state index in [2.05, 4.69) is 15.4 Å². The average molecular weight is 429 g/mol. The van der Waals surface area contributed by atoms with Crippen molar-refractivity contribution in [2.24, 2.45) is 5.41 Å². The second-order valence-corrected chi connectivity index (χ2v) is 8.40. The number of halogens is 1. The summed E-state index contributed by atoms with van der Waals surface area (Å²) in [6.45, 7) is 4.08. The SMILES string of the molecule is COc1cc(OC)c(NC(=O)c2cnn3c4c(cnc23)C(=O)CC(C)(C)C4)cc1Cl. The van der Waals surface area contributed by atoms with Gasteiger partial charge in [0.05, 0.1) is 42.4 Å². The molecule has 0 fully saturated rings. The van der Waals surface area contributed by atoms with Crippen LogP contribution in [0.2, 0.25) is 5.02 Å². The minimum Gasteiger partial charge on any atom is -0.495 e. The molecule has 4 rings (SSSR count). The third-order valence-corrected chi connectivity index (χ3v) is 5.47. The van der Waals surface area contributed by atoms with Crippen LogP contribution in [0.5, 0.6) is 11.5 Å². The van der Waals surface area contributed by atoms with E-state index in [4.69, 9.17) is 21.1 Å². The number of hydrogen-bond acceptors (Lipinski definition) is 6. The van der Waals surface area contributed by atoms with Crippen molar-refractivity contribution < 1.29 is 19.1 Å². The first-order valence-corrected chi connectivity index (χ1v) is 9.73. The normalized spacial score (nSPS) is 15.0. The standard InChI is InChI=1S/C21H21ClN4O4/c1-21(2)7-15-11(16(27)8-21)9-23-19-12(10-24-26(15)19)20(28)25-14-5-13(22)17(29-3)6-18(14)30-4/h5-6,9-10H,7-8H2,1-4H3,(H,25,28). The molecule has 1 N–H and O–H groups in total. The Morgan fingerprint density at radius 2 is 1.90 bits per heavy atom. The maximum absolute atomic E-state index is 13.0. The highest BCUT2D eigenvalue weighted by Crippen LogP contribution is 2.37. The predicted molar refractivity (Wildman–Crippen MR) is 112 cm³/mol. The molecule has 1 aliphatic rings. The van der Waals surface area contributed by atoms with E-state index in [1.54, 1.807) is 16.6 Å². The van der Waals surface area contributed by atoms with Gasteiger partial charge >= 0.3 is 0 Å². The van der Waals surface area contributed by atoms with Gasteiger partial charge in [0.1, 0.15) is 17.1 Å². The lowest BCUT2D eigenvalue weighted by Crippen LogP contribution is -2.29. The van der Waals surface area contributed by atoms with E-state index >= 15 is 0 Å². The number of Topliss-reactive ketones (excluding diaryl/α,β-unsaturated/α-hetero) is 1. The van der Waals surface area contributed by atoms with Crippen molar-refractivity contribution in [2.75, 3.05) is 19.5 Å². The summed E-state index contributed by atoms with van der Waals surface area (Å²) in [5.41, 5.74) is 2.20. The summed E-state index contributed by atoms with van der Waals surface area (Å²) in [7, 11) is 2.98. The Labute approximate surface area is 178 Å². The number of nitrogens with one attached hydrogen (secondary N) is 1. The number of carbonyl (C=O) groups is 2. The van der Waals surface area contributed by atoms with Crippen LogP contribution in [0.4, 0.5) is 5.69 Å². The van der Waals surface area contributed by atoms with E-state index in [-0.39, 0.29) is 16.8 Å². The van der Waals surface area contributed by atoms with E-state index in [0.717, 1.165) is 5.69 Å². The Balaban J connectivity index is 1.72. The maximum Gasteiger partial charge on any atom is 0.261 e. The van der Waals surface area contributed by atoms with Gasteiger partial charge in [0.2, 0.25) is 0 Å². The van der Waals surface area contributed by atoms with Gasteiger partial charge in [0.15, 0.2) is 11.4 Å². The topological polar surface area (TPSA) is 94.8 Å². The van der Waals surface area contributed by atoms with Crippen LogP contribution in [0, 0.1) is 5.41 Å². The van der Waals surface area contributed by atoms with Gasteiger partial charge in [-0.3, -0.25) is 9.59 Å². The first kappa shape index (κ1) is 20.2. The van der Waals surface area contributed by atoms with Crippen LogP contribution < -0.4 is 14.8 Å². The number of aromatic nitrogens is 3. The molecule has 0 bridgehead atoms. The molecular formula is C21H21ClN4O4. The van der Waals surface area contributed by atoms with Crippen LogP contribution in [-0.4, -0.2) is 40.5 Å². The van der Waals surface area contributed by atoms with Gasteiger partial charge in [0.25, 0.3) is 5.91 Å². The molecule has 0 spiro atoms. The number of ketones is 1. The highest BCUT2D eigenvalue weighted by molar-refractivity contribution is 6.32. The van der Waals surface area contributed by atoms with Gasteiger partial charge in [-0.25, -0.2) is 9.50 Å². The second kappa shape index (κ2) is 7.28. The van der Waals surface area contributed by atoms with Crippen LogP contribution in [0.25, 0.3) is 5.65 Å². The quantitative estimate of drug-likeness (QED) is 0.679. The fourth-order valence-corrected chi connectivity index (χ4v) is 3.98. The van der Waals surface area contributed by atoms with Crippen LogP contribution >= 0.6 is 11.6 Å². The number of fused-ring (bicyclic) bond motifs is 3. The number of methoxy groups -OCH3 is 2. The zero-order chi connectivity index (χ0) is 21.6. The number of hydrogen-bond donors (Lipinski definition) is 1. The zero-order valence-electron chi connectivity index (χ0n) is 17.1. The minimum absolute atomic E-state index is 0.0368. The van der Waals surface area contributed by atoms with Crippen LogP contribution in [0.15, 0.2) is 24.5 Å². The van der Waals surface area contributed by atoms with Crippen molar-refractivity contribution in [1.29, 1.82) is 0 Å². The second-order valence-electron chi connectivity index (χ2n) is 7.99. The van der Waals surface area contributed by atoms with Crippen molar-refractivity contribution in [1.82, 2.24) is 14.6 Å². The Morgan fingerprint density at radius 3 is 2.60 bits per heavy atom. The van der Waals surface area contributed by atoms with Gasteiger partial charge < -0.3 is 14.8 Å². The summed E-state index contributed by atoms with van der Waals surface area (Å²) in [4.78, 5) is 29.8. The summed E-state index contributed by atoms with van der Waals surface area (Å²) >= 11 is 6.19. The van der Waals surface area contributed by atoms with Gasteiger partial charge in [-0.2, -0.15) is 5.10 Å². The summed E-state index contributed by atoms with van der Waals surface area (Å²) in [5, 5.41) is 7.47. The number of amides is 1. The number of rotatable bonds is 4. The molecule has 9 heteroatoms. The molecule has 0 radical (unpaired) electrons. The maximum atomic E-state index is 13.0. The number of ether oxygens (including phenoxy) is 2. The molecule has 8 nitrogen and oxygen atoms in total. The zero-order valence-corrected chi connectivity index (χ0v) is 17.8. The molecule has 2 aromatic heterocycles. The lowest BCUT2D eigenvalue weighted by molar-refractivity contribution is 0.0908. The van der Waals surface area contributed by atoms with Crippen LogP contribution in [0.1, 0.15) is 46.7 Å². The molecule has 0 saturated carbocycles. The van der Waals surface area contributed by atoms with Crippen molar-refractivity contribution in [3.05, 3.63) is 46.4 Å². The largest absolute Gasteiger partial charge is 0.495 e. The summed E-state index contributed by atoms with van der Waals surface area (Å²) in [6, 6.07) is 3.15. The molecule has 1 amide bonds. The third kappa shape index (κ3) is 3.37. The van der Waals surface area contributed by atoms with Crippen molar-refractivity contribution in [3.63, 3.8) is 0 Å². The number of carbonyl (C=O) groups excluding carboxylic acids is 2. The lowest BCUT2D eigenvalue weighted by Gasteiger charge is -2.29. The molecular weight excluding hydrogens is 408 g/mol. The monoisotopic (exact) mass is 428 g/mol. The Hall–Kier alpha value is -3.13. The highest BCUT2D eigenvalue weighted by Gasteiger charge is 2.33. The summed E-state index contributed by atoms with van der Waals surface area (Å²) in [6.07, 6.45) is 4.10. The fourth-order valence-electron chi connectivity index (χ4n) is 3.73. The molecule has 1 aromatic carbocycles. The lowest BCUT2D eigenvalue weighted by atomic mass is 9.76. The van der Waals surface area contributed by atoms with Crippen molar-refractivity contribution in [3.8, 4) is 11.5 Å². The first-order valence-electron chi connectivity index (χ1n) is 9.36. The van der Waals surface area contributed by atoms with Gasteiger partial charge in [-0.15, -0.1) is 0 Å². The Kier molecular flexibility index (Phi) is 4.89. The number of nitrogens with zero attached hydrogens (tertiary/aromatic N) is 3. The average Bonchev–Trinajstić information content (AvgIpc) is 3.12. The highest BCUT2D eigenvalue weighted by atomic mass is 35.5. The molecule has 0 saturated heterocycles. The minimum atomic E-state index is -0.418. The molecule has 1 aliphatic carbocycles. The van der Waals surface area contributed by atoms with Crippen molar-refractivity contribution in [2.45, 2.75) is 26.7 Å². The van der Waals surface area contributed by atoms with Crippen LogP contribution in [0.3, 0.4) is 0 Å². The smallest absolute Gasteiger partial charge is 0.261 e. The molecule has 156 valence electrons. The molecule has 0 aliphatic heterocycles. The molecule has 2 heterocycles. The molecule has 3 aromatic rings. The van der Waals surface area contributed by atoms with E-state index in [9.17, 15) is 9.59 Å². The predicted octanol–water partition coefficient (Wildman–Crippen LogP) is 3.81. The van der Waals surface area contributed by atoms with E-state index in [1.807, 2.05) is 13.8 Å². The first-order chi connectivity index (χ1) is 14.2. The van der Waals surface area contributed by atoms with E-state index in [1.165, 1.54) is 26.6 Å². The summed E-state index contributed by atoms with van der Waals surface area (Å²) < 4.78 is 12.1. The number of benzene rings is 1. The third-order valence-electron chi connectivity index (χ3n) is 5.18. The van der Waals surface area contributed by atoms with Crippen molar-refractivity contribution >= 4 is 34.6 Å². The molecule has 30 heavy (non-hydrogen) atoms. The Bertz CT molecular complexity index is 1190. The van der Waals surface area contributed by atoms with Gasteiger partial charge in [0, 0.05) is 18.7 Å². The molecule has 0 unspecified atom stereocenters. The van der Waals surface area contributed by atoms with Crippen LogP contribution in [-0.2, 0) is 6.42 Å². The fraction of sp³-hybridized carbons (Fsp3) is 0.333. The molecule has 0 atom stereocenters. The summed E-state index contributed by atoms with van der Waals surface area (Å²) in [5.74, 6) is 0.454.